The number of carboxylic acid groups (broad SMARTS) is 1. The van der Waals surface area contributed by atoms with Crippen molar-refractivity contribution >= 4 is 143 Å². The number of benzene rings is 4. The molecule has 0 fully saturated rings. The zero-order valence-corrected chi connectivity index (χ0v) is 41.2. The van der Waals surface area contributed by atoms with Crippen molar-refractivity contribution in [1.82, 2.24) is 30.2 Å². The standard InChI is InChI=1S/C20H15BrCl3N3O2.C20H16BrCl2N3O3.Cl2OS/c1-11-15(10-25-27(11)14-5-6-16(22)17(23)8-14)20(29)26-18(9-19(24)28)12-3-2-4-13(21)7-12;1-11-15(10-24-26(11)14-5-6-16(22)17(23)8-14)20(29)25-18(9-19(27)28)12-3-2-4-13(21)7-12;1-4(2)3/h2-8,10,18H,9H2,1H3,(H,26,29);2-8,10,18H,9H2,1H3,(H,25,29)(H,27,28);. The summed E-state index contributed by atoms with van der Waals surface area (Å²) in [6.45, 7) is 3.51. The van der Waals surface area contributed by atoms with E-state index in [4.69, 9.17) is 62.2 Å². The third kappa shape index (κ3) is 14.8. The van der Waals surface area contributed by atoms with Crippen LogP contribution in [0.4, 0.5) is 0 Å². The highest BCUT2D eigenvalue weighted by Crippen LogP contribution is 2.28. The maximum atomic E-state index is 12.9. The lowest BCUT2D eigenvalue weighted by atomic mass is 10.0. The highest BCUT2D eigenvalue weighted by molar-refractivity contribution is 9.10. The quantitative estimate of drug-likeness (QED) is 0.102. The molecule has 6 aromatic rings. The first kappa shape index (κ1) is 51.2. The number of carbonyl (C=O) groups excluding carboxylic acids is 3. The molecule has 4 aromatic carbocycles. The Balaban J connectivity index is 0.000000251. The summed E-state index contributed by atoms with van der Waals surface area (Å²) in [6, 6.07) is 23.4. The van der Waals surface area contributed by atoms with E-state index in [1.807, 2.05) is 30.3 Å². The molecule has 6 rings (SSSR count). The SMILES string of the molecule is Cc1c(C(=O)NC(CC(=O)Cl)c2cccc(Br)c2)cnn1-c1ccc(Cl)c(Cl)c1.Cc1c(C(=O)NC(CC(=O)O)c2cccc(Br)c2)cnn1-c1ccc(Cl)c(Cl)c1.O=S(Cl)Cl. The third-order valence-electron chi connectivity index (χ3n) is 8.66. The van der Waals surface area contributed by atoms with Gasteiger partial charge in [0.05, 0.1) is 84.9 Å². The van der Waals surface area contributed by atoms with E-state index in [0.717, 1.165) is 14.5 Å². The fourth-order valence-electron chi connectivity index (χ4n) is 5.78. The van der Waals surface area contributed by atoms with Crippen molar-refractivity contribution in [3.8, 4) is 11.4 Å². The Kier molecular flexibility index (Phi) is 19.8. The number of aromatic nitrogens is 4. The van der Waals surface area contributed by atoms with Gasteiger partial charge in [0.2, 0.25) is 14.5 Å². The Bertz CT molecular complexity index is 2460. The van der Waals surface area contributed by atoms with Gasteiger partial charge in [0.15, 0.2) is 0 Å². The minimum atomic E-state index is -1.67. The second-order valence-electron chi connectivity index (χ2n) is 12.8. The summed E-state index contributed by atoms with van der Waals surface area (Å²) in [5, 5.41) is 24.5. The smallest absolute Gasteiger partial charge is 0.305 e. The maximum absolute atomic E-state index is 12.9. The van der Waals surface area contributed by atoms with Gasteiger partial charge in [0, 0.05) is 36.7 Å². The molecule has 2 heterocycles. The number of nitrogens with one attached hydrogen (secondary N) is 2. The first-order valence-electron chi connectivity index (χ1n) is 17.5. The largest absolute Gasteiger partial charge is 0.481 e. The number of carboxylic acids is 1. The van der Waals surface area contributed by atoms with Gasteiger partial charge in [-0.25, -0.2) is 13.6 Å². The van der Waals surface area contributed by atoms with Gasteiger partial charge in [-0.05, 0) is 97.2 Å². The Morgan fingerprint density at radius 2 is 1.05 bits per heavy atom. The summed E-state index contributed by atoms with van der Waals surface area (Å²) in [7, 11) is 7.36. The molecule has 22 heteroatoms. The Hall–Kier alpha value is -3.48. The van der Waals surface area contributed by atoms with Gasteiger partial charge in [-0.15, -0.1) is 0 Å². The first-order chi connectivity index (χ1) is 29.2. The second kappa shape index (κ2) is 24.0. The lowest BCUT2D eigenvalue weighted by Crippen LogP contribution is -2.30. The number of rotatable bonds is 12. The maximum Gasteiger partial charge on any atom is 0.305 e. The van der Waals surface area contributed by atoms with E-state index in [0.29, 0.717) is 59.5 Å². The summed E-state index contributed by atoms with van der Waals surface area (Å²) < 4.78 is 13.9. The summed E-state index contributed by atoms with van der Waals surface area (Å²) >= 11 is 36.4. The number of aliphatic carboxylic acids is 1. The molecule has 0 radical (unpaired) electrons. The molecule has 0 aliphatic carbocycles. The molecular formula is C40H31Br2Cl7N6O6S. The van der Waals surface area contributed by atoms with Crippen LogP contribution >= 0.6 is 111 Å². The zero-order valence-electron chi connectivity index (χ0n) is 31.9. The predicted molar refractivity (Wildman–Crippen MR) is 253 cm³/mol. The Morgan fingerprint density at radius 1 is 0.661 bits per heavy atom. The predicted octanol–water partition coefficient (Wildman–Crippen LogP) is 12.1. The lowest BCUT2D eigenvalue weighted by molar-refractivity contribution is -0.137. The van der Waals surface area contributed by atoms with Crippen molar-refractivity contribution in [2.45, 2.75) is 38.8 Å². The van der Waals surface area contributed by atoms with E-state index in [9.17, 15) is 24.3 Å². The number of hydrogen-bond donors (Lipinski definition) is 3. The molecule has 2 amide bonds. The summed E-state index contributed by atoms with van der Waals surface area (Å²) in [5.74, 6) is -1.80. The molecule has 0 saturated carbocycles. The molecule has 2 atom stereocenters. The van der Waals surface area contributed by atoms with Crippen LogP contribution < -0.4 is 10.6 Å². The second-order valence-corrected chi connectivity index (χ2v) is 19.2. The molecule has 0 aliphatic rings. The van der Waals surface area contributed by atoms with Crippen molar-refractivity contribution in [3.63, 3.8) is 0 Å². The number of carbonyl (C=O) groups is 4. The molecule has 0 bridgehead atoms. The van der Waals surface area contributed by atoms with Crippen LogP contribution in [0.1, 0.15) is 68.2 Å². The molecule has 62 heavy (non-hydrogen) atoms. The fourth-order valence-corrected chi connectivity index (χ4v) is 7.35. The van der Waals surface area contributed by atoms with Gasteiger partial charge in [-0.1, -0.05) is 103 Å². The number of hydrogen-bond acceptors (Lipinski definition) is 7. The van der Waals surface area contributed by atoms with Crippen molar-refractivity contribution < 1.29 is 28.5 Å². The van der Waals surface area contributed by atoms with Crippen LogP contribution in [-0.4, -0.2) is 51.9 Å². The summed E-state index contributed by atoms with van der Waals surface area (Å²) in [6.07, 6.45) is 2.62. The van der Waals surface area contributed by atoms with E-state index >= 15 is 0 Å². The highest BCUT2D eigenvalue weighted by Gasteiger charge is 2.24. The van der Waals surface area contributed by atoms with E-state index in [1.165, 1.54) is 12.4 Å². The molecule has 0 spiro atoms. The summed E-state index contributed by atoms with van der Waals surface area (Å²) in [5.41, 5.74) is 4.69. The van der Waals surface area contributed by atoms with E-state index < -0.39 is 38.4 Å². The number of halogens is 9. The molecule has 2 aromatic heterocycles. The van der Waals surface area contributed by atoms with Crippen LogP contribution in [0.25, 0.3) is 11.4 Å². The lowest BCUT2D eigenvalue weighted by Gasteiger charge is -2.18. The van der Waals surface area contributed by atoms with Crippen LogP contribution in [0.2, 0.25) is 20.1 Å². The monoisotopic (exact) mass is 1130 g/mol. The topological polar surface area (TPSA) is 165 Å². The van der Waals surface area contributed by atoms with Crippen LogP contribution in [-0.2, 0) is 18.8 Å². The third-order valence-corrected chi connectivity index (χ3v) is 11.3. The van der Waals surface area contributed by atoms with Gasteiger partial charge in [-0.3, -0.25) is 19.2 Å². The number of nitrogens with zero attached hydrogens (tertiary/aromatic N) is 4. The van der Waals surface area contributed by atoms with Gasteiger partial charge < -0.3 is 15.7 Å². The van der Waals surface area contributed by atoms with Gasteiger partial charge in [-0.2, -0.15) is 10.2 Å². The normalized spacial score (nSPS) is 11.7. The van der Waals surface area contributed by atoms with Gasteiger partial charge in [0.1, 0.15) is 0 Å². The minimum absolute atomic E-state index is 0.0380. The molecule has 326 valence electrons. The molecular weight excluding hydrogens is 1100 g/mol. The van der Waals surface area contributed by atoms with E-state index in [-0.39, 0.29) is 18.7 Å². The van der Waals surface area contributed by atoms with Crippen LogP contribution in [0.5, 0.6) is 0 Å². The average Bonchev–Trinajstić information content (AvgIpc) is 3.78. The van der Waals surface area contributed by atoms with Crippen molar-refractivity contribution in [2.24, 2.45) is 0 Å². The molecule has 12 nitrogen and oxygen atoms in total. The zero-order chi connectivity index (χ0) is 45.8. The Labute approximate surface area is 408 Å². The van der Waals surface area contributed by atoms with Crippen LogP contribution in [0.15, 0.2) is 106 Å². The van der Waals surface area contributed by atoms with Gasteiger partial charge >= 0.3 is 5.97 Å². The Morgan fingerprint density at radius 3 is 1.39 bits per heavy atom. The molecule has 2 unspecified atom stereocenters. The first-order valence-corrected chi connectivity index (χ1v) is 23.8. The van der Waals surface area contributed by atoms with E-state index in [2.05, 4.69) is 74.1 Å². The van der Waals surface area contributed by atoms with Crippen LogP contribution in [0, 0.1) is 13.8 Å². The average molecular weight is 1130 g/mol. The fraction of sp³-hybridized carbons (Fsp3) is 0.150. The number of amides is 2. The highest BCUT2D eigenvalue weighted by atomic mass is 79.9. The van der Waals surface area contributed by atoms with Gasteiger partial charge in [0.25, 0.3) is 11.8 Å². The van der Waals surface area contributed by atoms with Crippen molar-refractivity contribution in [1.29, 1.82) is 0 Å². The molecule has 0 aliphatic heterocycles. The summed E-state index contributed by atoms with van der Waals surface area (Å²) in [4.78, 5) is 48.6. The molecule has 0 saturated heterocycles. The van der Waals surface area contributed by atoms with E-state index in [1.54, 1.807) is 77.8 Å². The minimum Gasteiger partial charge on any atom is -0.481 e. The van der Waals surface area contributed by atoms with Crippen molar-refractivity contribution in [3.05, 3.63) is 160 Å². The van der Waals surface area contributed by atoms with Crippen LogP contribution in [0.3, 0.4) is 0 Å². The van der Waals surface area contributed by atoms with Crippen molar-refractivity contribution in [2.75, 3.05) is 0 Å². The molecule has 3 N–H and O–H groups in total.